The summed E-state index contributed by atoms with van der Waals surface area (Å²) in [4.78, 5) is 9.67. The number of benzene rings is 1. The largest absolute Gasteiger partial charge is 0.430 e. The minimum Gasteiger partial charge on any atom is -0.430 e. The number of aryl methyl sites for hydroxylation is 1. The number of carbonyl (C=O) groups excluding carboxylic acids is 1. The van der Waals surface area contributed by atoms with Gasteiger partial charge in [-0.2, -0.15) is 0 Å². The Morgan fingerprint density at radius 3 is 2.62 bits per heavy atom. The van der Waals surface area contributed by atoms with Gasteiger partial charge in [-0.15, -0.1) is 0 Å². The molecule has 1 rings (SSSR count). The number of ether oxygens (including phenoxy) is 2. The summed E-state index contributed by atoms with van der Waals surface area (Å²) in [6.07, 6.45) is 4.39. The zero-order valence-corrected chi connectivity index (χ0v) is 9.35. The van der Waals surface area contributed by atoms with Crippen LogP contribution in [0, 0.1) is 0 Å². The molecule has 0 aliphatic rings. The molecule has 0 N–H and O–H groups in total. The Morgan fingerprint density at radius 1 is 1.06 bits per heavy atom. The SMILES string of the molecule is O=[C]OCOCCCCCc1ccccc1. The molecule has 16 heavy (non-hydrogen) atoms. The molecule has 1 aromatic carbocycles. The summed E-state index contributed by atoms with van der Waals surface area (Å²) in [6.45, 7) is 1.97. The van der Waals surface area contributed by atoms with Crippen molar-refractivity contribution >= 4 is 6.47 Å². The third-order valence-corrected chi connectivity index (χ3v) is 2.30. The van der Waals surface area contributed by atoms with E-state index in [1.165, 1.54) is 12.0 Å². The molecule has 0 aliphatic carbocycles. The van der Waals surface area contributed by atoms with Crippen LogP contribution in [0.15, 0.2) is 30.3 Å². The van der Waals surface area contributed by atoms with Gasteiger partial charge in [-0.1, -0.05) is 36.8 Å². The quantitative estimate of drug-likeness (QED) is 0.474. The zero-order chi connectivity index (χ0) is 11.5. The minimum atomic E-state index is 0.0161. The van der Waals surface area contributed by atoms with Crippen LogP contribution in [0.4, 0.5) is 0 Å². The molecule has 0 saturated carbocycles. The minimum absolute atomic E-state index is 0.0161. The van der Waals surface area contributed by atoms with Crippen LogP contribution in [0.2, 0.25) is 0 Å². The topological polar surface area (TPSA) is 35.5 Å². The molecule has 0 bridgehead atoms. The van der Waals surface area contributed by atoms with Gasteiger partial charge in [0.25, 0.3) is 0 Å². The lowest BCUT2D eigenvalue weighted by molar-refractivity contribution is 0.00434. The second-order valence-electron chi connectivity index (χ2n) is 3.55. The third kappa shape index (κ3) is 6.19. The van der Waals surface area contributed by atoms with Crippen molar-refractivity contribution in [3.05, 3.63) is 35.9 Å². The van der Waals surface area contributed by atoms with E-state index in [-0.39, 0.29) is 6.79 Å². The lowest BCUT2D eigenvalue weighted by Gasteiger charge is -2.02. The highest BCUT2D eigenvalue weighted by molar-refractivity contribution is 5.37. The number of hydrogen-bond donors (Lipinski definition) is 0. The highest BCUT2D eigenvalue weighted by Gasteiger charge is 1.93. The van der Waals surface area contributed by atoms with E-state index in [0.29, 0.717) is 6.61 Å². The number of hydrogen-bond acceptors (Lipinski definition) is 3. The van der Waals surface area contributed by atoms with Crippen LogP contribution in [-0.4, -0.2) is 19.9 Å². The maximum Gasteiger partial charge on any atom is 0.419 e. The summed E-state index contributed by atoms with van der Waals surface area (Å²) in [7, 11) is 0. The van der Waals surface area contributed by atoms with E-state index in [1.807, 2.05) is 6.07 Å². The summed E-state index contributed by atoms with van der Waals surface area (Å²) in [6, 6.07) is 10.4. The standard InChI is InChI=1S/C13H17O3/c14-11-16-12-15-10-6-2-5-9-13-7-3-1-4-8-13/h1,3-4,7-8H,2,5-6,9-10,12H2. The van der Waals surface area contributed by atoms with Crippen molar-refractivity contribution in [1.29, 1.82) is 0 Å². The molecule has 0 atom stereocenters. The Hall–Kier alpha value is -1.35. The van der Waals surface area contributed by atoms with Crippen molar-refractivity contribution in [2.45, 2.75) is 25.7 Å². The fourth-order valence-corrected chi connectivity index (χ4v) is 1.48. The molecule has 0 unspecified atom stereocenters. The predicted octanol–water partition coefficient (Wildman–Crippen LogP) is 2.46. The lowest BCUT2D eigenvalue weighted by atomic mass is 10.1. The molecule has 0 heterocycles. The van der Waals surface area contributed by atoms with Crippen LogP contribution < -0.4 is 0 Å². The summed E-state index contributed by atoms with van der Waals surface area (Å²) in [5.41, 5.74) is 1.38. The van der Waals surface area contributed by atoms with Crippen molar-refractivity contribution < 1.29 is 14.3 Å². The van der Waals surface area contributed by atoms with Crippen molar-refractivity contribution in [2.24, 2.45) is 0 Å². The Kier molecular flexibility index (Phi) is 7.09. The maximum atomic E-state index is 9.67. The van der Waals surface area contributed by atoms with Gasteiger partial charge in [-0.05, 0) is 24.8 Å². The first-order chi connectivity index (χ1) is 7.93. The van der Waals surface area contributed by atoms with Gasteiger partial charge in [0.15, 0.2) is 6.79 Å². The smallest absolute Gasteiger partial charge is 0.419 e. The molecule has 3 heteroatoms. The molecule has 1 aromatic rings. The van der Waals surface area contributed by atoms with Crippen LogP contribution in [0.3, 0.4) is 0 Å². The van der Waals surface area contributed by atoms with Gasteiger partial charge >= 0.3 is 6.47 Å². The van der Waals surface area contributed by atoms with Gasteiger partial charge < -0.3 is 9.47 Å². The highest BCUT2D eigenvalue weighted by atomic mass is 16.7. The molecule has 0 fully saturated rings. The molecule has 0 aromatic heterocycles. The summed E-state index contributed by atoms with van der Waals surface area (Å²) in [5.74, 6) is 0. The Bertz CT molecular complexity index is 272. The molecular formula is C13H17O3. The van der Waals surface area contributed by atoms with Crippen LogP contribution >= 0.6 is 0 Å². The van der Waals surface area contributed by atoms with Crippen molar-refractivity contribution in [3.63, 3.8) is 0 Å². The predicted molar refractivity (Wildman–Crippen MR) is 61.6 cm³/mol. The van der Waals surface area contributed by atoms with Gasteiger partial charge in [0.2, 0.25) is 0 Å². The molecule has 0 saturated heterocycles. The molecule has 0 aliphatic heterocycles. The van der Waals surface area contributed by atoms with Crippen molar-refractivity contribution in [1.82, 2.24) is 0 Å². The third-order valence-electron chi connectivity index (χ3n) is 2.30. The van der Waals surface area contributed by atoms with E-state index in [2.05, 4.69) is 29.0 Å². The number of rotatable bonds is 9. The molecular weight excluding hydrogens is 204 g/mol. The highest BCUT2D eigenvalue weighted by Crippen LogP contribution is 2.06. The van der Waals surface area contributed by atoms with E-state index in [1.54, 1.807) is 0 Å². The second-order valence-corrected chi connectivity index (χ2v) is 3.55. The summed E-state index contributed by atoms with van der Waals surface area (Å²) in [5, 5.41) is 0. The molecule has 1 radical (unpaired) electrons. The molecule has 3 nitrogen and oxygen atoms in total. The van der Waals surface area contributed by atoms with Crippen LogP contribution in [0.25, 0.3) is 0 Å². The van der Waals surface area contributed by atoms with Gasteiger partial charge in [0, 0.05) is 0 Å². The van der Waals surface area contributed by atoms with Gasteiger partial charge in [-0.3, -0.25) is 0 Å². The van der Waals surface area contributed by atoms with Gasteiger partial charge in [0.05, 0.1) is 6.61 Å². The van der Waals surface area contributed by atoms with E-state index in [0.717, 1.165) is 25.7 Å². The summed E-state index contributed by atoms with van der Waals surface area (Å²) >= 11 is 0. The van der Waals surface area contributed by atoms with Crippen molar-refractivity contribution in [3.8, 4) is 0 Å². The fourth-order valence-electron chi connectivity index (χ4n) is 1.48. The van der Waals surface area contributed by atoms with Crippen LogP contribution in [0.1, 0.15) is 24.8 Å². The van der Waals surface area contributed by atoms with Gasteiger partial charge in [0.1, 0.15) is 0 Å². The van der Waals surface area contributed by atoms with E-state index in [4.69, 9.17) is 4.74 Å². The first-order valence-corrected chi connectivity index (χ1v) is 5.54. The average Bonchev–Trinajstić information content (AvgIpc) is 2.34. The van der Waals surface area contributed by atoms with Crippen molar-refractivity contribution in [2.75, 3.05) is 13.4 Å². The molecule has 87 valence electrons. The monoisotopic (exact) mass is 221 g/mol. The number of unbranched alkanes of at least 4 members (excludes halogenated alkanes) is 2. The normalized spacial score (nSPS) is 10.0. The Balaban J connectivity index is 1.90. The zero-order valence-electron chi connectivity index (χ0n) is 9.35. The van der Waals surface area contributed by atoms with Gasteiger partial charge in [-0.25, -0.2) is 4.79 Å². The molecule has 0 amide bonds. The van der Waals surface area contributed by atoms with E-state index >= 15 is 0 Å². The first-order valence-electron chi connectivity index (χ1n) is 5.54. The lowest BCUT2D eigenvalue weighted by Crippen LogP contribution is -2.00. The molecule has 0 spiro atoms. The average molecular weight is 221 g/mol. The maximum absolute atomic E-state index is 9.67. The Labute approximate surface area is 96.4 Å². The van der Waals surface area contributed by atoms with Crippen LogP contribution in [0.5, 0.6) is 0 Å². The summed E-state index contributed by atoms with van der Waals surface area (Å²) < 4.78 is 9.32. The Morgan fingerprint density at radius 2 is 1.88 bits per heavy atom. The van der Waals surface area contributed by atoms with E-state index < -0.39 is 0 Å². The second kappa shape index (κ2) is 8.92. The van der Waals surface area contributed by atoms with Crippen LogP contribution in [-0.2, 0) is 20.7 Å². The van der Waals surface area contributed by atoms with E-state index in [9.17, 15) is 4.79 Å². The fraction of sp³-hybridized carbons (Fsp3) is 0.462. The first kappa shape index (κ1) is 12.7.